The van der Waals surface area contributed by atoms with Crippen LogP contribution < -0.4 is 23.8 Å². The van der Waals surface area contributed by atoms with Crippen molar-refractivity contribution in [3.63, 3.8) is 0 Å². The number of rotatable bonds is 8. The zero-order valence-corrected chi connectivity index (χ0v) is 22.8. The van der Waals surface area contributed by atoms with E-state index < -0.39 is 32.0 Å². The van der Waals surface area contributed by atoms with Crippen LogP contribution in [0, 0.1) is 13.8 Å². The van der Waals surface area contributed by atoms with Crippen LogP contribution in [0.1, 0.15) is 18.3 Å². The Morgan fingerprint density at radius 2 is 1.53 bits per heavy atom. The topological polar surface area (TPSA) is 157 Å². The molecule has 1 aliphatic rings. The Morgan fingerprint density at radius 3 is 2.13 bits per heavy atom. The second-order valence-electron chi connectivity index (χ2n) is 8.66. The van der Waals surface area contributed by atoms with Gasteiger partial charge in [0, 0.05) is 23.1 Å². The molecule has 3 aromatic rings. The standard InChI is InChI=1S/C24H27N5O7S2/c1-15-13-16(2)26-24(25-15)28-38(33,34)20-8-5-18(6-9-20)27-23(30)17(3)29(37(4,31)32)19-7-10-21-22(14-19)36-12-11-35-21/h5-10,13-14,17H,11-12H2,1-4H3,(H,27,30)(H,25,26,28)/t17-/m1/s1. The molecule has 1 atom stereocenters. The van der Waals surface area contributed by atoms with Crippen LogP contribution >= 0.6 is 0 Å². The zero-order chi connectivity index (χ0) is 27.7. The van der Waals surface area contributed by atoms with Gasteiger partial charge in [-0.05, 0) is 63.2 Å². The maximum absolute atomic E-state index is 13.0. The highest BCUT2D eigenvalue weighted by Gasteiger charge is 2.30. The van der Waals surface area contributed by atoms with Gasteiger partial charge in [-0.2, -0.15) is 0 Å². The Bertz CT molecular complexity index is 1560. The van der Waals surface area contributed by atoms with Crippen molar-refractivity contribution in [2.45, 2.75) is 31.7 Å². The second kappa shape index (κ2) is 10.5. The van der Waals surface area contributed by atoms with Gasteiger partial charge in [0.05, 0.1) is 16.8 Å². The number of aromatic nitrogens is 2. The number of sulfonamides is 2. The number of carbonyl (C=O) groups is 1. The van der Waals surface area contributed by atoms with Crippen LogP contribution in [0.3, 0.4) is 0 Å². The molecule has 2 heterocycles. The number of benzene rings is 2. The monoisotopic (exact) mass is 561 g/mol. The van der Waals surface area contributed by atoms with Gasteiger partial charge in [-0.25, -0.2) is 31.5 Å². The highest BCUT2D eigenvalue weighted by molar-refractivity contribution is 7.92. The summed E-state index contributed by atoms with van der Waals surface area (Å²) in [5.41, 5.74) is 1.74. The maximum atomic E-state index is 13.0. The summed E-state index contributed by atoms with van der Waals surface area (Å²) in [5, 5.41) is 2.63. The largest absolute Gasteiger partial charge is 0.486 e. The first-order valence-corrected chi connectivity index (χ1v) is 14.8. The molecule has 12 nitrogen and oxygen atoms in total. The minimum absolute atomic E-state index is 0.0475. The summed E-state index contributed by atoms with van der Waals surface area (Å²) in [6.07, 6.45) is 1.000. The molecule has 202 valence electrons. The Morgan fingerprint density at radius 1 is 0.921 bits per heavy atom. The quantitative estimate of drug-likeness (QED) is 0.422. The predicted molar refractivity (Wildman–Crippen MR) is 142 cm³/mol. The maximum Gasteiger partial charge on any atom is 0.264 e. The summed E-state index contributed by atoms with van der Waals surface area (Å²) in [4.78, 5) is 21.1. The first-order chi connectivity index (χ1) is 17.8. The smallest absolute Gasteiger partial charge is 0.264 e. The second-order valence-corrected chi connectivity index (χ2v) is 12.2. The first kappa shape index (κ1) is 27.1. The third kappa shape index (κ3) is 6.14. The van der Waals surface area contributed by atoms with Gasteiger partial charge in [-0.3, -0.25) is 9.10 Å². The molecule has 0 radical (unpaired) electrons. The lowest BCUT2D eigenvalue weighted by atomic mass is 10.2. The minimum Gasteiger partial charge on any atom is -0.486 e. The fraction of sp³-hybridized carbons (Fsp3) is 0.292. The highest BCUT2D eigenvalue weighted by Crippen LogP contribution is 2.35. The van der Waals surface area contributed by atoms with E-state index in [4.69, 9.17) is 9.47 Å². The molecule has 38 heavy (non-hydrogen) atoms. The lowest BCUT2D eigenvalue weighted by Crippen LogP contribution is -2.45. The molecular formula is C24H27N5O7S2. The van der Waals surface area contributed by atoms with Gasteiger partial charge in [-0.15, -0.1) is 0 Å². The van der Waals surface area contributed by atoms with Gasteiger partial charge in [0.25, 0.3) is 10.0 Å². The molecule has 0 unspecified atom stereocenters. The molecule has 1 aliphatic heterocycles. The van der Waals surface area contributed by atoms with Crippen LogP contribution in [0.2, 0.25) is 0 Å². The zero-order valence-electron chi connectivity index (χ0n) is 21.1. The summed E-state index contributed by atoms with van der Waals surface area (Å²) in [6, 6.07) is 10.6. The Hall–Kier alpha value is -3.91. The number of amides is 1. The number of nitrogens with zero attached hydrogens (tertiary/aromatic N) is 3. The Kier molecular flexibility index (Phi) is 7.47. The van der Waals surface area contributed by atoms with Crippen LogP contribution in [0.15, 0.2) is 53.4 Å². The lowest BCUT2D eigenvalue weighted by Gasteiger charge is -2.29. The molecule has 0 spiro atoms. The normalized spacial score (nSPS) is 13.9. The number of nitrogens with one attached hydrogen (secondary N) is 2. The van der Waals surface area contributed by atoms with Crippen molar-refractivity contribution in [2.24, 2.45) is 0 Å². The molecule has 1 aromatic heterocycles. The van der Waals surface area contributed by atoms with Gasteiger partial charge >= 0.3 is 0 Å². The van der Waals surface area contributed by atoms with E-state index >= 15 is 0 Å². The van der Waals surface area contributed by atoms with E-state index in [2.05, 4.69) is 20.0 Å². The predicted octanol–water partition coefficient (Wildman–Crippen LogP) is 2.46. The van der Waals surface area contributed by atoms with Crippen LogP contribution in [0.25, 0.3) is 0 Å². The molecule has 0 fully saturated rings. The molecule has 4 rings (SSSR count). The van der Waals surface area contributed by atoms with Gasteiger partial charge in [0.15, 0.2) is 11.5 Å². The number of hydrogen-bond acceptors (Lipinski definition) is 9. The Labute approximate surface area is 221 Å². The summed E-state index contributed by atoms with van der Waals surface area (Å²) in [7, 11) is -7.85. The number of carbonyl (C=O) groups excluding carboxylic acids is 1. The number of fused-ring (bicyclic) bond motifs is 1. The molecule has 2 aromatic carbocycles. The van der Waals surface area contributed by atoms with Crippen molar-refractivity contribution < 1.29 is 31.1 Å². The van der Waals surface area contributed by atoms with E-state index in [1.807, 2.05) is 0 Å². The van der Waals surface area contributed by atoms with Crippen LogP contribution in [0.4, 0.5) is 17.3 Å². The van der Waals surface area contributed by atoms with Crippen molar-refractivity contribution in [3.05, 3.63) is 59.9 Å². The van der Waals surface area contributed by atoms with E-state index in [0.717, 1.165) is 10.6 Å². The third-order valence-corrected chi connectivity index (χ3v) is 8.09. The highest BCUT2D eigenvalue weighted by atomic mass is 32.2. The fourth-order valence-electron chi connectivity index (χ4n) is 3.89. The van der Waals surface area contributed by atoms with E-state index in [-0.39, 0.29) is 22.2 Å². The third-order valence-electron chi connectivity index (χ3n) is 5.51. The van der Waals surface area contributed by atoms with Crippen molar-refractivity contribution in [2.75, 3.05) is 33.8 Å². The van der Waals surface area contributed by atoms with Crippen molar-refractivity contribution in [1.29, 1.82) is 0 Å². The van der Waals surface area contributed by atoms with Crippen LogP contribution in [0.5, 0.6) is 11.5 Å². The fourth-order valence-corrected chi connectivity index (χ4v) is 6.00. The minimum atomic E-state index is -3.98. The van der Waals surface area contributed by atoms with Gasteiger partial charge in [0.2, 0.25) is 21.9 Å². The molecular weight excluding hydrogens is 534 g/mol. The van der Waals surface area contributed by atoms with Gasteiger partial charge in [0.1, 0.15) is 19.3 Å². The molecule has 0 saturated heterocycles. The Balaban J connectivity index is 1.50. The summed E-state index contributed by atoms with van der Waals surface area (Å²) < 4.78 is 65.1. The molecule has 0 bridgehead atoms. The van der Waals surface area contributed by atoms with E-state index in [0.29, 0.717) is 36.1 Å². The first-order valence-electron chi connectivity index (χ1n) is 11.5. The van der Waals surface area contributed by atoms with Crippen LogP contribution in [-0.2, 0) is 24.8 Å². The van der Waals surface area contributed by atoms with Gasteiger partial charge < -0.3 is 14.8 Å². The number of aryl methyl sites for hydroxylation is 2. The van der Waals surface area contributed by atoms with Crippen LogP contribution in [-0.4, -0.2) is 58.2 Å². The van der Waals surface area contributed by atoms with E-state index in [1.54, 1.807) is 26.0 Å². The van der Waals surface area contributed by atoms with Crippen molar-refractivity contribution >= 4 is 43.3 Å². The van der Waals surface area contributed by atoms with Crippen molar-refractivity contribution in [3.8, 4) is 11.5 Å². The average molecular weight is 562 g/mol. The number of hydrogen-bond donors (Lipinski definition) is 2. The SMILES string of the molecule is Cc1cc(C)nc(NS(=O)(=O)c2ccc(NC(=O)[C@@H](C)N(c3ccc4c(c3)OCCO4)S(C)(=O)=O)cc2)n1. The molecule has 14 heteroatoms. The average Bonchev–Trinajstić information content (AvgIpc) is 2.82. The summed E-state index contributed by atoms with van der Waals surface area (Å²) >= 11 is 0. The molecule has 0 saturated carbocycles. The summed E-state index contributed by atoms with van der Waals surface area (Å²) in [5.74, 6) is 0.196. The van der Waals surface area contributed by atoms with E-state index in [1.165, 1.54) is 43.3 Å². The summed E-state index contributed by atoms with van der Waals surface area (Å²) in [6.45, 7) is 5.60. The lowest BCUT2D eigenvalue weighted by molar-refractivity contribution is -0.116. The molecule has 1 amide bonds. The number of anilines is 3. The van der Waals surface area contributed by atoms with Crippen molar-refractivity contribution in [1.82, 2.24) is 9.97 Å². The number of ether oxygens (including phenoxy) is 2. The van der Waals surface area contributed by atoms with Gasteiger partial charge in [-0.1, -0.05) is 0 Å². The molecule has 0 aliphatic carbocycles. The van der Waals surface area contributed by atoms with E-state index in [9.17, 15) is 21.6 Å². The molecule has 2 N–H and O–H groups in total.